The van der Waals surface area contributed by atoms with E-state index >= 15 is 0 Å². The highest BCUT2D eigenvalue weighted by atomic mass is 35.5. The predicted molar refractivity (Wildman–Crippen MR) is 77.1 cm³/mol. The van der Waals surface area contributed by atoms with Gasteiger partial charge in [0.25, 0.3) is 0 Å². The number of aromatic amines is 1. The third kappa shape index (κ3) is 3.69. The van der Waals surface area contributed by atoms with E-state index in [-0.39, 0.29) is 5.91 Å². The van der Waals surface area contributed by atoms with Crippen molar-refractivity contribution in [3.8, 4) is 0 Å². The number of benzene rings is 1. The van der Waals surface area contributed by atoms with Crippen LogP contribution in [0, 0.1) is 0 Å². The van der Waals surface area contributed by atoms with E-state index in [0.29, 0.717) is 10.8 Å². The van der Waals surface area contributed by atoms with Gasteiger partial charge < -0.3 is 5.32 Å². The molecule has 0 saturated carbocycles. The van der Waals surface area contributed by atoms with Gasteiger partial charge in [0.1, 0.15) is 5.82 Å². The molecule has 0 fully saturated rings. The van der Waals surface area contributed by atoms with Gasteiger partial charge in [0, 0.05) is 16.7 Å². The lowest BCUT2D eigenvalue weighted by Gasteiger charge is -2.01. The van der Waals surface area contributed by atoms with Gasteiger partial charge in [0.2, 0.25) is 5.91 Å². The monoisotopic (exact) mass is 275 g/mol. The first-order valence-corrected chi connectivity index (χ1v) is 6.33. The molecule has 5 heteroatoms. The summed E-state index contributed by atoms with van der Waals surface area (Å²) in [7, 11) is 0. The third-order valence-corrected chi connectivity index (χ3v) is 2.86. The molecule has 2 aromatic rings. The molecule has 0 aliphatic rings. The van der Waals surface area contributed by atoms with Crippen LogP contribution >= 0.6 is 11.6 Å². The first-order chi connectivity index (χ1) is 9.19. The quantitative estimate of drug-likeness (QED) is 0.842. The zero-order valence-corrected chi connectivity index (χ0v) is 11.2. The van der Waals surface area contributed by atoms with Crippen LogP contribution in [0.15, 0.2) is 36.5 Å². The number of amides is 1. The van der Waals surface area contributed by atoms with Crippen LogP contribution in [0.1, 0.15) is 18.1 Å². The molecule has 1 aromatic heterocycles. The predicted octanol–water partition coefficient (Wildman–Crippen LogP) is 3.28. The summed E-state index contributed by atoms with van der Waals surface area (Å²) in [5.74, 6) is 0.433. The van der Waals surface area contributed by atoms with Crippen molar-refractivity contribution < 1.29 is 4.79 Å². The molecule has 0 unspecified atom stereocenters. The Morgan fingerprint density at radius 2 is 2.37 bits per heavy atom. The number of carbonyl (C=O) groups excluding carboxylic acids is 1. The molecule has 1 amide bonds. The number of aryl methyl sites for hydroxylation is 1. The number of carbonyl (C=O) groups is 1. The van der Waals surface area contributed by atoms with E-state index in [9.17, 15) is 4.79 Å². The first kappa shape index (κ1) is 13.4. The number of nitrogens with one attached hydrogen (secondary N) is 2. The van der Waals surface area contributed by atoms with E-state index in [1.165, 1.54) is 6.08 Å². The van der Waals surface area contributed by atoms with Gasteiger partial charge in [0.05, 0.1) is 6.20 Å². The van der Waals surface area contributed by atoms with Gasteiger partial charge in [-0.05, 0) is 30.2 Å². The summed E-state index contributed by atoms with van der Waals surface area (Å²) in [5.41, 5.74) is 1.85. The number of nitrogens with zero attached hydrogens (tertiary/aromatic N) is 1. The van der Waals surface area contributed by atoms with Crippen LogP contribution in [0.4, 0.5) is 5.82 Å². The smallest absolute Gasteiger partial charge is 0.249 e. The molecule has 0 atom stereocenters. The lowest BCUT2D eigenvalue weighted by Crippen LogP contribution is -2.09. The Hall–Kier alpha value is -2.07. The zero-order chi connectivity index (χ0) is 13.7. The Morgan fingerprint density at radius 1 is 1.53 bits per heavy atom. The molecule has 0 spiro atoms. The van der Waals surface area contributed by atoms with Crippen LogP contribution in [0.2, 0.25) is 5.02 Å². The standard InChI is InChI=1S/C14H14ClN3O/c1-2-11-9-16-18-14(11)17-13(19)7-6-10-4-3-5-12(15)8-10/h3-9H,2H2,1H3,(H2,16,17,18,19)/b7-6+. The van der Waals surface area contributed by atoms with Gasteiger partial charge in [0.15, 0.2) is 0 Å². The zero-order valence-electron chi connectivity index (χ0n) is 10.5. The van der Waals surface area contributed by atoms with Crippen LogP contribution in [0.3, 0.4) is 0 Å². The van der Waals surface area contributed by atoms with Crippen molar-refractivity contribution in [1.29, 1.82) is 0 Å². The van der Waals surface area contributed by atoms with E-state index in [2.05, 4.69) is 15.5 Å². The minimum absolute atomic E-state index is 0.209. The van der Waals surface area contributed by atoms with Crippen molar-refractivity contribution >= 4 is 29.4 Å². The molecular weight excluding hydrogens is 262 g/mol. The summed E-state index contributed by atoms with van der Waals surface area (Å²) in [6, 6.07) is 7.30. The fourth-order valence-corrected chi connectivity index (χ4v) is 1.83. The second-order valence-corrected chi connectivity index (χ2v) is 4.44. The van der Waals surface area contributed by atoms with Gasteiger partial charge >= 0.3 is 0 Å². The molecule has 1 heterocycles. The number of H-pyrrole nitrogens is 1. The lowest BCUT2D eigenvalue weighted by atomic mass is 10.2. The first-order valence-electron chi connectivity index (χ1n) is 5.96. The van der Waals surface area contributed by atoms with Crippen LogP contribution in [0.25, 0.3) is 6.08 Å². The second-order valence-electron chi connectivity index (χ2n) is 4.00. The lowest BCUT2D eigenvalue weighted by molar-refractivity contribution is -0.111. The molecule has 19 heavy (non-hydrogen) atoms. The summed E-state index contributed by atoms with van der Waals surface area (Å²) in [6.07, 6.45) is 5.69. The molecule has 4 nitrogen and oxygen atoms in total. The van der Waals surface area contributed by atoms with Crippen molar-refractivity contribution in [3.63, 3.8) is 0 Å². The van der Waals surface area contributed by atoms with Crippen molar-refractivity contribution in [2.24, 2.45) is 0 Å². The maximum absolute atomic E-state index is 11.8. The summed E-state index contributed by atoms with van der Waals surface area (Å²) in [4.78, 5) is 11.8. The van der Waals surface area contributed by atoms with Crippen molar-refractivity contribution in [2.75, 3.05) is 5.32 Å². The van der Waals surface area contributed by atoms with Crippen molar-refractivity contribution in [3.05, 3.63) is 52.7 Å². The molecule has 0 aliphatic carbocycles. The van der Waals surface area contributed by atoms with Gasteiger partial charge in [-0.3, -0.25) is 9.89 Å². The second kappa shape index (κ2) is 6.20. The molecule has 0 bridgehead atoms. The highest BCUT2D eigenvalue weighted by Crippen LogP contribution is 2.13. The van der Waals surface area contributed by atoms with Gasteiger partial charge in [-0.25, -0.2) is 0 Å². The maximum Gasteiger partial charge on any atom is 0.249 e. The van der Waals surface area contributed by atoms with E-state index in [1.54, 1.807) is 24.4 Å². The minimum atomic E-state index is -0.209. The van der Waals surface area contributed by atoms with Crippen LogP contribution in [-0.4, -0.2) is 16.1 Å². The van der Waals surface area contributed by atoms with Crippen molar-refractivity contribution in [2.45, 2.75) is 13.3 Å². The van der Waals surface area contributed by atoms with E-state index < -0.39 is 0 Å². The van der Waals surface area contributed by atoms with Crippen LogP contribution < -0.4 is 5.32 Å². The van der Waals surface area contributed by atoms with Crippen molar-refractivity contribution in [1.82, 2.24) is 10.2 Å². The van der Waals surface area contributed by atoms with Gasteiger partial charge in [-0.1, -0.05) is 30.7 Å². The topological polar surface area (TPSA) is 57.8 Å². The molecule has 0 saturated heterocycles. The summed E-state index contributed by atoms with van der Waals surface area (Å²) in [6.45, 7) is 2.00. The van der Waals surface area contributed by atoms with E-state index in [0.717, 1.165) is 17.5 Å². The van der Waals surface area contributed by atoms with E-state index in [4.69, 9.17) is 11.6 Å². The molecule has 1 aromatic carbocycles. The number of anilines is 1. The summed E-state index contributed by atoms with van der Waals surface area (Å²) < 4.78 is 0. The number of hydrogen-bond acceptors (Lipinski definition) is 2. The number of halogens is 1. The molecule has 0 aliphatic heterocycles. The molecule has 2 N–H and O–H groups in total. The SMILES string of the molecule is CCc1cn[nH]c1NC(=O)/C=C/c1cccc(Cl)c1. The molecule has 98 valence electrons. The van der Waals surface area contributed by atoms with E-state index in [1.807, 2.05) is 19.1 Å². The minimum Gasteiger partial charge on any atom is -0.307 e. The Bertz CT molecular complexity index is 604. The molecule has 2 rings (SSSR count). The number of hydrogen-bond donors (Lipinski definition) is 2. The van der Waals surface area contributed by atoms with Crippen LogP contribution in [0.5, 0.6) is 0 Å². The maximum atomic E-state index is 11.8. The number of aromatic nitrogens is 2. The molecule has 0 radical (unpaired) electrons. The Morgan fingerprint density at radius 3 is 3.11 bits per heavy atom. The highest BCUT2D eigenvalue weighted by molar-refractivity contribution is 6.30. The fourth-order valence-electron chi connectivity index (χ4n) is 1.63. The average molecular weight is 276 g/mol. The Labute approximate surface area is 116 Å². The third-order valence-electron chi connectivity index (χ3n) is 2.62. The number of rotatable bonds is 4. The largest absolute Gasteiger partial charge is 0.307 e. The average Bonchev–Trinajstić information content (AvgIpc) is 2.84. The highest BCUT2D eigenvalue weighted by Gasteiger charge is 2.04. The normalized spacial score (nSPS) is 10.8. The van der Waals surface area contributed by atoms with Gasteiger partial charge in [-0.2, -0.15) is 5.10 Å². The van der Waals surface area contributed by atoms with Crippen LogP contribution in [-0.2, 0) is 11.2 Å². The summed E-state index contributed by atoms with van der Waals surface area (Å²) in [5, 5.41) is 10.0. The Balaban J connectivity index is 2.02. The van der Waals surface area contributed by atoms with Gasteiger partial charge in [-0.15, -0.1) is 0 Å². The Kier molecular flexibility index (Phi) is 4.36. The summed E-state index contributed by atoms with van der Waals surface area (Å²) >= 11 is 5.87. The fraction of sp³-hybridized carbons (Fsp3) is 0.143. The molecular formula is C14H14ClN3O.